The second-order valence-corrected chi connectivity index (χ2v) is 6.00. The second kappa shape index (κ2) is 5.51. The number of hydrogen-bond acceptors (Lipinski definition) is 4. The first-order valence-electron chi connectivity index (χ1n) is 7.88. The quantitative estimate of drug-likeness (QED) is 0.865. The number of ether oxygens (including phenoxy) is 3. The van der Waals surface area contributed by atoms with Crippen LogP contribution in [0.25, 0.3) is 16.5 Å². The van der Waals surface area contributed by atoms with Gasteiger partial charge in [0.15, 0.2) is 5.79 Å². The van der Waals surface area contributed by atoms with Crippen molar-refractivity contribution in [2.45, 2.75) is 25.0 Å². The summed E-state index contributed by atoms with van der Waals surface area (Å²) in [6.07, 6.45) is 6.73. The van der Waals surface area contributed by atoms with Crippen molar-refractivity contribution in [3.05, 3.63) is 41.6 Å². The molecule has 2 aliphatic rings. The van der Waals surface area contributed by atoms with Crippen molar-refractivity contribution in [3.8, 4) is 0 Å². The van der Waals surface area contributed by atoms with E-state index in [1.54, 1.807) is 6.07 Å². The Morgan fingerprint density at radius 1 is 1.30 bits per heavy atom. The minimum atomic E-state index is -0.410. The number of fused-ring (bicyclic) bond motifs is 1. The largest absolute Gasteiger partial charge is 0.465 e. The van der Waals surface area contributed by atoms with Crippen molar-refractivity contribution >= 4 is 22.4 Å². The van der Waals surface area contributed by atoms with Crippen LogP contribution in [-0.4, -0.2) is 37.1 Å². The molecule has 1 aliphatic heterocycles. The molecule has 1 spiro atoms. The lowest BCUT2D eigenvalue weighted by atomic mass is 9.89. The van der Waals surface area contributed by atoms with Crippen LogP contribution in [0, 0.1) is 0 Å². The smallest absolute Gasteiger partial charge is 0.337 e. The molecular formula is C18H19NO4. The third kappa shape index (κ3) is 2.46. The zero-order valence-electron chi connectivity index (χ0n) is 13.1. The topological polar surface area (TPSA) is 60.6 Å². The summed E-state index contributed by atoms with van der Waals surface area (Å²) in [7, 11) is 1.40. The average Bonchev–Trinajstić information content (AvgIpc) is 3.22. The van der Waals surface area contributed by atoms with Crippen molar-refractivity contribution in [2.24, 2.45) is 0 Å². The molecule has 0 bridgehead atoms. The standard InChI is InChI=1S/C18H19NO4/c1-21-17(20)13-2-3-16-14(10-13)15(11-19-16)12-4-6-18(7-5-12)22-8-9-23-18/h2-4,10-11,19H,5-9H2,1H3. The van der Waals surface area contributed by atoms with Gasteiger partial charge in [-0.1, -0.05) is 6.08 Å². The summed E-state index contributed by atoms with van der Waals surface area (Å²) in [6, 6.07) is 5.58. The number of carbonyl (C=O) groups is 1. The van der Waals surface area contributed by atoms with Gasteiger partial charge >= 0.3 is 5.97 Å². The summed E-state index contributed by atoms with van der Waals surface area (Å²) in [5.74, 6) is -0.726. The summed E-state index contributed by atoms with van der Waals surface area (Å²) in [6.45, 7) is 1.36. The molecule has 1 N–H and O–H groups in total. The first kappa shape index (κ1) is 14.5. The molecule has 0 atom stereocenters. The van der Waals surface area contributed by atoms with Crippen LogP contribution in [0.15, 0.2) is 30.5 Å². The first-order valence-corrected chi connectivity index (χ1v) is 7.88. The van der Waals surface area contributed by atoms with Gasteiger partial charge < -0.3 is 19.2 Å². The predicted octanol–water partition coefficient (Wildman–Crippen LogP) is 3.26. The van der Waals surface area contributed by atoms with Crippen LogP contribution in [-0.2, 0) is 14.2 Å². The van der Waals surface area contributed by atoms with Gasteiger partial charge in [-0.05, 0) is 30.2 Å². The molecule has 1 fully saturated rings. The molecule has 0 saturated carbocycles. The summed E-state index contributed by atoms with van der Waals surface area (Å²) in [5.41, 5.74) is 3.99. The highest BCUT2D eigenvalue weighted by atomic mass is 16.7. The Morgan fingerprint density at radius 3 is 2.83 bits per heavy atom. The van der Waals surface area contributed by atoms with Gasteiger partial charge in [-0.3, -0.25) is 0 Å². The molecule has 1 saturated heterocycles. The Morgan fingerprint density at radius 2 is 2.13 bits per heavy atom. The van der Waals surface area contributed by atoms with Crippen LogP contribution in [0.4, 0.5) is 0 Å². The number of aromatic nitrogens is 1. The molecular weight excluding hydrogens is 294 g/mol. The first-order chi connectivity index (χ1) is 11.2. The predicted molar refractivity (Wildman–Crippen MR) is 86.1 cm³/mol. The molecule has 4 rings (SSSR count). The molecule has 0 unspecified atom stereocenters. The van der Waals surface area contributed by atoms with Gasteiger partial charge in [0.2, 0.25) is 0 Å². The van der Waals surface area contributed by atoms with Gasteiger partial charge in [0, 0.05) is 35.5 Å². The summed E-state index contributed by atoms with van der Waals surface area (Å²) in [5, 5.41) is 1.04. The molecule has 2 heterocycles. The van der Waals surface area contributed by atoms with E-state index in [-0.39, 0.29) is 5.97 Å². The Balaban J connectivity index is 1.69. The van der Waals surface area contributed by atoms with E-state index in [1.807, 2.05) is 18.3 Å². The van der Waals surface area contributed by atoms with Crippen LogP contribution < -0.4 is 0 Å². The number of rotatable bonds is 2. The lowest BCUT2D eigenvalue weighted by Gasteiger charge is -2.30. The summed E-state index contributed by atoms with van der Waals surface area (Å²) >= 11 is 0. The SMILES string of the molecule is COC(=O)c1ccc2[nH]cc(C3=CCC4(CC3)OCCO4)c2c1. The van der Waals surface area contributed by atoms with E-state index in [2.05, 4.69) is 11.1 Å². The molecule has 1 aromatic heterocycles. The van der Waals surface area contributed by atoms with Crippen LogP contribution >= 0.6 is 0 Å². The van der Waals surface area contributed by atoms with E-state index >= 15 is 0 Å². The van der Waals surface area contributed by atoms with E-state index in [9.17, 15) is 4.79 Å². The summed E-state index contributed by atoms with van der Waals surface area (Å²) in [4.78, 5) is 15.0. The maximum absolute atomic E-state index is 11.8. The highest BCUT2D eigenvalue weighted by Crippen LogP contribution is 2.39. The number of benzene rings is 1. The molecule has 23 heavy (non-hydrogen) atoms. The minimum Gasteiger partial charge on any atom is -0.465 e. The lowest BCUT2D eigenvalue weighted by Crippen LogP contribution is -2.31. The van der Waals surface area contributed by atoms with E-state index < -0.39 is 5.79 Å². The lowest BCUT2D eigenvalue weighted by molar-refractivity contribution is -0.159. The third-order valence-electron chi connectivity index (χ3n) is 4.70. The fraction of sp³-hybridized carbons (Fsp3) is 0.389. The van der Waals surface area contributed by atoms with Gasteiger partial charge in [-0.25, -0.2) is 4.79 Å². The Hall–Kier alpha value is -2.11. The molecule has 0 amide bonds. The van der Waals surface area contributed by atoms with Crippen LogP contribution in [0.5, 0.6) is 0 Å². The summed E-state index contributed by atoms with van der Waals surface area (Å²) < 4.78 is 16.3. The van der Waals surface area contributed by atoms with E-state index in [1.165, 1.54) is 12.7 Å². The Labute approximate surface area is 134 Å². The van der Waals surface area contributed by atoms with Gasteiger partial charge in [-0.15, -0.1) is 0 Å². The Kier molecular flexibility index (Phi) is 3.47. The molecule has 5 heteroatoms. The fourth-order valence-electron chi connectivity index (χ4n) is 3.44. The van der Waals surface area contributed by atoms with E-state index in [0.29, 0.717) is 18.8 Å². The number of nitrogens with one attached hydrogen (secondary N) is 1. The number of allylic oxidation sites excluding steroid dienone is 1. The molecule has 1 aromatic carbocycles. The highest BCUT2D eigenvalue weighted by molar-refractivity contribution is 5.99. The average molecular weight is 313 g/mol. The molecule has 1 aliphatic carbocycles. The number of esters is 1. The van der Waals surface area contributed by atoms with Crippen LogP contribution in [0.3, 0.4) is 0 Å². The normalized spacial score (nSPS) is 20.0. The van der Waals surface area contributed by atoms with Crippen molar-refractivity contribution in [1.82, 2.24) is 4.98 Å². The maximum atomic E-state index is 11.8. The zero-order valence-corrected chi connectivity index (χ0v) is 13.1. The third-order valence-corrected chi connectivity index (χ3v) is 4.70. The monoisotopic (exact) mass is 313 g/mol. The molecule has 0 radical (unpaired) electrons. The molecule has 2 aromatic rings. The van der Waals surface area contributed by atoms with Gasteiger partial charge in [-0.2, -0.15) is 0 Å². The van der Waals surface area contributed by atoms with Crippen molar-refractivity contribution in [1.29, 1.82) is 0 Å². The minimum absolute atomic E-state index is 0.316. The number of hydrogen-bond donors (Lipinski definition) is 1. The maximum Gasteiger partial charge on any atom is 0.337 e. The fourth-order valence-corrected chi connectivity index (χ4v) is 3.44. The van der Waals surface area contributed by atoms with Crippen molar-refractivity contribution in [3.63, 3.8) is 0 Å². The number of aromatic amines is 1. The van der Waals surface area contributed by atoms with E-state index in [0.717, 1.165) is 35.7 Å². The van der Waals surface area contributed by atoms with Gasteiger partial charge in [0.1, 0.15) is 0 Å². The van der Waals surface area contributed by atoms with Gasteiger partial charge in [0.25, 0.3) is 0 Å². The van der Waals surface area contributed by atoms with Crippen LogP contribution in [0.2, 0.25) is 0 Å². The van der Waals surface area contributed by atoms with E-state index in [4.69, 9.17) is 14.2 Å². The number of carbonyl (C=O) groups excluding carboxylic acids is 1. The van der Waals surface area contributed by atoms with Crippen molar-refractivity contribution in [2.75, 3.05) is 20.3 Å². The zero-order chi connectivity index (χ0) is 15.9. The molecule has 5 nitrogen and oxygen atoms in total. The van der Waals surface area contributed by atoms with Crippen molar-refractivity contribution < 1.29 is 19.0 Å². The number of methoxy groups -OCH3 is 1. The Bertz CT molecular complexity index is 783. The second-order valence-electron chi connectivity index (χ2n) is 6.00. The molecule has 120 valence electrons. The van der Waals surface area contributed by atoms with Crippen LogP contribution in [0.1, 0.15) is 35.2 Å². The van der Waals surface area contributed by atoms with Gasteiger partial charge in [0.05, 0.1) is 25.9 Å². The number of H-pyrrole nitrogens is 1. The highest BCUT2D eigenvalue weighted by Gasteiger charge is 2.37.